The number of fused-ring (bicyclic) bond motifs is 1. The van der Waals surface area contributed by atoms with E-state index in [0.29, 0.717) is 12.3 Å². The Morgan fingerprint density at radius 1 is 1.44 bits per heavy atom. The van der Waals surface area contributed by atoms with Crippen LogP contribution < -0.4 is 23.0 Å². The van der Waals surface area contributed by atoms with Gasteiger partial charge in [-0.1, -0.05) is 0 Å². The fourth-order valence-corrected chi connectivity index (χ4v) is 2.38. The molecule has 0 saturated heterocycles. The van der Waals surface area contributed by atoms with Crippen molar-refractivity contribution in [2.45, 2.75) is 39.2 Å². The molecule has 0 radical (unpaired) electrons. The third-order valence-electron chi connectivity index (χ3n) is 3.00. The monoisotopic (exact) mass is 262 g/mol. The molecule has 0 amide bonds. The molecule has 1 aliphatic rings. The number of rotatable bonds is 2. The average Bonchev–Trinajstić information content (AvgIpc) is 2.24. The number of hydrogen-bond acceptors (Lipinski definition) is 1. The number of halogens is 2. The predicted octanol–water partition coefficient (Wildman–Crippen LogP) is -1.91. The van der Waals surface area contributed by atoms with Crippen molar-refractivity contribution in [3.8, 4) is 0 Å². The zero-order valence-corrected chi connectivity index (χ0v) is 10.9. The second-order valence-electron chi connectivity index (χ2n) is 4.03. The van der Waals surface area contributed by atoms with Crippen molar-refractivity contribution in [3.05, 3.63) is 27.4 Å². The highest BCUT2D eigenvalue weighted by molar-refractivity contribution is 6.17. The Labute approximate surface area is 106 Å². The van der Waals surface area contributed by atoms with E-state index in [-0.39, 0.29) is 18.0 Å². The molecule has 0 unspecified atom stereocenters. The molecule has 1 aliphatic heterocycles. The lowest BCUT2D eigenvalue weighted by atomic mass is 10.1. The number of nitrogens with one attached hydrogen (secondary N) is 1. The number of nitrogens with zero attached hydrogens (tertiary/aromatic N) is 1. The smallest absolute Gasteiger partial charge is 0.340 e. The van der Waals surface area contributed by atoms with E-state index in [9.17, 15) is 4.79 Å². The summed E-state index contributed by atoms with van der Waals surface area (Å²) in [6.45, 7) is 2.80. The molecule has 0 aromatic carbocycles. The third-order valence-corrected chi connectivity index (χ3v) is 3.19. The average molecular weight is 263 g/mol. The van der Waals surface area contributed by atoms with Gasteiger partial charge in [0.2, 0.25) is 0 Å². The van der Waals surface area contributed by atoms with Crippen LogP contribution in [0.5, 0.6) is 0 Å². The van der Waals surface area contributed by atoms with Crippen LogP contribution in [0.3, 0.4) is 0 Å². The van der Waals surface area contributed by atoms with Gasteiger partial charge in [0.25, 0.3) is 5.82 Å². The summed E-state index contributed by atoms with van der Waals surface area (Å²) < 4.78 is 1.87. The summed E-state index contributed by atoms with van der Waals surface area (Å²) >= 11 is 5.70. The van der Waals surface area contributed by atoms with Crippen LogP contribution in [0.4, 0.5) is 0 Å². The van der Waals surface area contributed by atoms with Gasteiger partial charge in [-0.3, -0.25) is 0 Å². The summed E-state index contributed by atoms with van der Waals surface area (Å²) in [6.07, 6.45) is 3.91. The lowest BCUT2D eigenvalue weighted by Crippen LogP contribution is -3.00. The van der Waals surface area contributed by atoms with Gasteiger partial charge in [0.15, 0.2) is 0 Å². The zero-order valence-electron chi connectivity index (χ0n) is 9.35. The predicted molar refractivity (Wildman–Crippen MR) is 59.4 cm³/mol. The van der Waals surface area contributed by atoms with Crippen molar-refractivity contribution in [2.24, 2.45) is 0 Å². The van der Waals surface area contributed by atoms with E-state index in [1.807, 2.05) is 11.5 Å². The molecule has 2 rings (SSSR count). The molecule has 1 N–H and O–H groups in total. The highest BCUT2D eigenvalue weighted by Crippen LogP contribution is 2.09. The van der Waals surface area contributed by atoms with Crippen LogP contribution in [0.2, 0.25) is 0 Å². The summed E-state index contributed by atoms with van der Waals surface area (Å²) in [4.78, 5) is 15.4. The zero-order chi connectivity index (χ0) is 10.8. The summed E-state index contributed by atoms with van der Waals surface area (Å²) in [5, 5.41) is 0. The number of aromatic amines is 1. The highest BCUT2D eigenvalue weighted by atomic mass is 35.5. The minimum atomic E-state index is 0. The molecule has 0 spiro atoms. The first-order valence-corrected chi connectivity index (χ1v) is 5.98. The van der Waals surface area contributed by atoms with Gasteiger partial charge in [-0.25, -0.2) is 9.78 Å². The van der Waals surface area contributed by atoms with Crippen LogP contribution in [-0.2, 0) is 19.4 Å². The van der Waals surface area contributed by atoms with Crippen LogP contribution in [0.1, 0.15) is 29.9 Å². The minimum Gasteiger partial charge on any atom is -1.00 e. The van der Waals surface area contributed by atoms with E-state index in [1.54, 1.807) is 0 Å². The van der Waals surface area contributed by atoms with Gasteiger partial charge in [0.05, 0.1) is 12.1 Å². The first-order chi connectivity index (χ1) is 7.24. The molecular weight excluding hydrogens is 247 g/mol. The van der Waals surface area contributed by atoms with Crippen LogP contribution in [0.25, 0.3) is 0 Å². The minimum absolute atomic E-state index is 0. The van der Waals surface area contributed by atoms with Crippen LogP contribution >= 0.6 is 11.6 Å². The van der Waals surface area contributed by atoms with Crippen molar-refractivity contribution in [1.29, 1.82) is 0 Å². The summed E-state index contributed by atoms with van der Waals surface area (Å²) in [5.41, 5.74) is 1.98. The van der Waals surface area contributed by atoms with E-state index in [0.717, 1.165) is 36.5 Å². The Hall–Kier alpha value is -0.540. The maximum atomic E-state index is 12.1. The molecule has 3 nitrogen and oxygen atoms in total. The third kappa shape index (κ3) is 2.41. The molecule has 1 aromatic rings. The fourth-order valence-electron chi connectivity index (χ4n) is 2.19. The van der Waals surface area contributed by atoms with E-state index in [4.69, 9.17) is 11.6 Å². The molecule has 2 heterocycles. The molecule has 0 atom stereocenters. The molecule has 0 aliphatic carbocycles. The van der Waals surface area contributed by atoms with Gasteiger partial charge < -0.3 is 12.4 Å². The van der Waals surface area contributed by atoms with Gasteiger partial charge in [0.1, 0.15) is 5.69 Å². The maximum absolute atomic E-state index is 12.1. The number of H-pyrrole nitrogens is 1. The van der Waals surface area contributed by atoms with E-state index in [2.05, 4.69) is 4.98 Å². The summed E-state index contributed by atoms with van der Waals surface area (Å²) in [6, 6.07) is 0. The van der Waals surface area contributed by atoms with E-state index >= 15 is 0 Å². The molecule has 16 heavy (non-hydrogen) atoms. The van der Waals surface area contributed by atoms with Crippen LogP contribution in [0.15, 0.2) is 4.79 Å². The fraction of sp³-hybridized carbons (Fsp3) is 0.636. The molecule has 90 valence electrons. The van der Waals surface area contributed by atoms with Gasteiger partial charge >= 0.3 is 5.56 Å². The van der Waals surface area contributed by atoms with Crippen molar-refractivity contribution < 1.29 is 17.4 Å². The Kier molecular flexibility index (Phi) is 4.81. The molecule has 0 saturated carbocycles. The lowest BCUT2D eigenvalue weighted by Gasteiger charge is -2.12. The largest absolute Gasteiger partial charge is 1.00 e. The first kappa shape index (κ1) is 13.5. The lowest BCUT2D eigenvalue weighted by molar-refractivity contribution is -0.410. The molecule has 0 bridgehead atoms. The normalized spacial score (nSPS) is 14.1. The Bertz CT molecular complexity index is 429. The Morgan fingerprint density at radius 3 is 2.88 bits per heavy atom. The molecular formula is C11H16Cl2N2O. The topological polar surface area (TPSA) is 36.1 Å². The molecule has 0 fully saturated rings. The highest BCUT2D eigenvalue weighted by Gasteiger charge is 2.22. The Balaban J connectivity index is 0.00000128. The number of alkyl halides is 1. The molecule has 1 aromatic heterocycles. The van der Waals surface area contributed by atoms with Crippen molar-refractivity contribution in [1.82, 2.24) is 4.57 Å². The summed E-state index contributed by atoms with van der Waals surface area (Å²) in [5.74, 6) is 1.57. The number of hydrogen-bond donors (Lipinski definition) is 0. The van der Waals surface area contributed by atoms with Gasteiger partial charge in [-0.05, 0) is 26.2 Å². The van der Waals surface area contributed by atoms with Gasteiger partial charge in [0, 0.05) is 12.3 Å². The number of aryl methyl sites for hydroxylation is 2. The van der Waals surface area contributed by atoms with E-state index < -0.39 is 0 Å². The van der Waals surface area contributed by atoms with Crippen LogP contribution in [0, 0.1) is 6.92 Å². The van der Waals surface area contributed by atoms with Crippen LogP contribution in [-0.4, -0.2) is 10.4 Å². The first-order valence-electron chi connectivity index (χ1n) is 5.44. The van der Waals surface area contributed by atoms with Gasteiger partial charge in [-0.15, -0.1) is 11.6 Å². The van der Waals surface area contributed by atoms with E-state index in [1.165, 1.54) is 6.42 Å². The second kappa shape index (κ2) is 5.69. The number of aromatic nitrogens is 2. The summed E-state index contributed by atoms with van der Waals surface area (Å²) in [7, 11) is 0. The van der Waals surface area contributed by atoms with Crippen molar-refractivity contribution in [3.63, 3.8) is 0 Å². The van der Waals surface area contributed by atoms with Gasteiger partial charge in [-0.2, -0.15) is 4.57 Å². The standard InChI is InChI=1S/C11H15ClN2O.ClH/c1-8-9(5-6-12)11(15)14-7-3-2-4-10(14)13-8;/h2-7H2,1H3;1H. The molecule has 5 heteroatoms. The maximum Gasteiger partial charge on any atom is 0.340 e. The quantitative estimate of drug-likeness (QED) is 0.574. The SMILES string of the molecule is Cc1[nH+]c2n(c(=O)c1CCCl)CCCC2.[Cl-]. The Morgan fingerprint density at radius 2 is 2.19 bits per heavy atom. The second-order valence-corrected chi connectivity index (χ2v) is 4.41. The van der Waals surface area contributed by atoms with Crippen molar-refractivity contribution >= 4 is 11.6 Å². The van der Waals surface area contributed by atoms with Crippen molar-refractivity contribution in [2.75, 3.05) is 5.88 Å².